The topological polar surface area (TPSA) is 20.3 Å². The minimum Gasteiger partial charge on any atom is -0.342 e. The van der Waals surface area contributed by atoms with Crippen LogP contribution in [0.1, 0.15) is 30.6 Å². The molecule has 94 valence electrons. The Morgan fingerprint density at radius 3 is 2.65 bits per heavy atom. The fraction of sp³-hybridized carbons (Fsp3) is 0.462. The van der Waals surface area contributed by atoms with Crippen molar-refractivity contribution in [1.82, 2.24) is 4.90 Å². The summed E-state index contributed by atoms with van der Waals surface area (Å²) in [5, 5.41) is 0.617. The van der Waals surface area contributed by atoms with Gasteiger partial charge in [-0.15, -0.1) is 0 Å². The van der Waals surface area contributed by atoms with Gasteiger partial charge in [0, 0.05) is 23.6 Å². The van der Waals surface area contributed by atoms with E-state index in [1.54, 1.807) is 23.1 Å². The average molecular weight is 319 g/mol. The lowest BCUT2D eigenvalue weighted by molar-refractivity contribution is 0.0789. The first-order valence-electron chi connectivity index (χ1n) is 5.62. The molecule has 4 heteroatoms. The molecule has 0 atom stereocenters. The minimum absolute atomic E-state index is 0.0306. The molecule has 0 aromatic heterocycles. The van der Waals surface area contributed by atoms with E-state index in [0.29, 0.717) is 16.5 Å². The molecule has 0 spiro atoms. The fourth-order valence-electron chi connectivity index (χ4n) is 1.40. The number of hydrogen-bond acceptors (Lipinski definition) is 1. The molecule has 0 unspecified atom stereocenters. The summed E-state index contributed by atoms with van der Waals surface area (Å²) >= 11 is 9.22. The molecule has 0 radical (unpaired) electrons. The molecule has 1 amide bonds. The lowest BCUT2D eigenvalue weighted by Gasteiger charge is -2.18. The number of nitrogens with zero attached hydrogens (tertiary/aromatic N) is 1. The summed E-state index contributed by atoms with van der Waals surface area (Å²) < 4.78 is 0.752. The minimum atomic E-state index is 0.0306. The van der Waals surface area contributed by atoms with Crippen LogP contribution in [-0.4, -0.2) is 24.4 Å². The van der Waals surface area contributed by atoms with Gasteiger partial charge in [-0.05, 0) is 46.5 Å². The van der Waals surface area contributed by atoms with Crippen LogP contribution in [0.3, 0.4) is 0 Å². The van der Waals surface area contributed by atoms with Crippen LogP contribution in [0.2, 0.25) is 5.02 Å². The zero-order valence-electron chi connectivity index (χ0n) is 10.3. The molecule has 1 rings (SSSR count). The molecule has 0 aliphatic heterocycles. The highest BCUT2D eigenvalue weighted by Crippen LogP contribution is 2.23. The van der Waals surface area contributed by atoms with Gasteiger partial charge in [0.2, 0.25) is 0 Å². The molecule has 2 nitrogen and oxygen atoms in total. The second-order valence-corrected chi connectivity index (χ2v) is 5.80. The molecule has 0 fully saturated rings. The fourth-order valence-corrected chi connectivity index (χ4v) is 1.90. The highest BCUT2D eigenvalue weighted by molar-refractivity contribution is 9.10. The van der Waals surface area contributed by atoms with Gasteiger partial charge in [0.25, 0.3) is 5.91 Å². The summed E-state index contributed by atoms with van der Waals surface area (Å²) in [5.41, 5.74) is 0.660. The zero-order valence-corrected chi connectivity index (χ0v) is 12.7. The van der Waals surface area contributed by atoms with Crippen molar-refractivity contribution in [2.75, 3.05) is 13.6 Å². The average Bonchev–Trinajstić information content (AvgIpc) is 2.28. The molecular formula is C13H17BrClNO. The highest BCUT2D eigenvalue weighted by atomic mass is 79.9. The van der Waals surface area contributed by atoms with Crippen molar-refractivity contribution in [3.63, 3.8) is 0 Å². The number of halogens is 2. The maximum Gasteiger partial charge on any atom is 0.253 e. The van der Waals surface area contributed by atoms with E-state index in [4.69, 9.17) is 11.6 Å². The van der Waals surface area contributed by atoms with Gasteiger partial charge in [-0.1, -0.05) is 25.4 Å². The Morgan fingerprint density at radius 1 is 1.47 bits per heavy atom. The van der Waals surface area contributed by atoms with Crippen LogP contribution in [0.5, 0.6) is 0 Å². The molecule has 0 bridgehead atoms. The highest BCUT2D eigenvalue weighted by Gasteiger charge is 2.12. The lowest BCUT2D eigenvalue weighted by Crippen LogP contribution is -2.28. The molecule has 0 N–H and O–H groups in total. The van der Waals surface area contributed by atoms with Crippen LogP contribution in [-0.2, 0) is 0 Å². The Kier molecular flexibility index (Phi) is 5.47. The number of benzene rings is 1. The van der Waals surface area contributed by atoms with E-state index in [2.05, 4.69) is 29.8 Å². The van der Waals surface area contributed by atoms with Crippen molar-refractivity contribution in [1.29, 1.82) is 0 Å². The first-order valence-corrected chi connectivity index (χ1v) is 6.79. The largest absolute Gasteiger partial charge is 0.342 e. The SMILES string of the molecule is CC(C)CCN(C)C(=O)c1ccc(Cl)c(Br)c1. The van der Waals surface area contributed by atoms with E-state index >= 15 is 0 Å². The van der Waals surface area contributed by atoms with Gasteiger partial charge in [-0.25, -0.2) is 0 Å². The second kappa shape index (κ2) is 6.41. The standard InChI is InChI=1S/C13H17BrClNO/c1-9(2)6-7-16(3)13(17)10-4-5-12(15)11(14)8-10/h4-5,8-9H,6-7H2,1-3H3. The summed E-state index contributed by atoms with van der Waals surface area (Å²) in [7, 11) is 1.83. The molecule has 0 saturated carbocycles. The van der Waals surface area contributed by atoms with Gasteiger partial charge < -0.3 is 4.90 Å². The first kappa shape index (κ1) is 14.5. The van der Waals surface area contributed by atoms with Crippen molar-refractivity contribution in [3.05, 3.63) is 33.3 Å². The summed E-state index contributed by atoms with van der Waals surface area (Å²) in [4.78, 5) is 13.8. The van der Waals surface area contributed by atoms with Crippen molar-refractivity contribution in [3.8, 4) is 0 Å². The van der Waals surface area contributed by atoms with Crippen LogP contribution in [0.25, 0.3) is 0 Å². The number of carbonyl (C=O) groups excluding carboxylic acids is 1. The van der Waals surface area contributed by atoms with Gasteiger partial charge in [0.15, 0.2) is 0 Å². The summed E-state index contributed by atoms with van der Waals surface area (Å²) in [6, 6.07) is 5.24. The van der Waals surface area contributed by atoms with E-state index in [0.717, 1.165) is 17.4 Å². The molecule has 0 aliphatic rings. The third-order valence-electron chi connectivity index (χ3n) is 2.56. The maximum atomic E-state index is 12.1. The number of hydrogen-bond donors (Lipinski definition) is 0. The van der Waals surface area contributed by atoms with Gasteiger partial charge in [0.1, 0.15) is 0 Å². The number of rotatable bonds is 4. The van der Waals surface area contributed by atoms with Gasteiger partial charge in [0.05, 0.1) is 5.02 Å². The molecule has 17 heavy (non-hydrogen) atoms. The van der Waals surface area contributed by atoms with Crippen LogP contribution in [0.15, 0.2) is 22.7 Å². The van der Waals surface area contributed by atoms with E-state index in [-0.39, 0.29) is 5.91 Å². The Bertz CT molecular complexity index is 406. The molecule has 1 aromatic carbocycles. The smallest absolute Gasteiger partial charge is 0.253 e. The summed E-state index contributed by atoms with van der Waals surface area (Å²) in [6.07, 6.45) is 1.01. The predicted octanol–water partition coefficient (Wildman–Crippen LogP) is 4.22. The summed E-state index contributed by atoms with van der Waals surface area (Å²) in [5.74, 6) is 0.630. The van der Waals surface area contributed by atoms with E-state index in [1.807, 2.05) is 7.05 Å². The first-order chi connectivity index (χ1) is 7.91. The predicted molar refractivity (Wildman–Crippen MR) is 75.6 cm³/mol. The quantitative estimate of drug-likeness (QED) is 0.814. The Balaban J connectivity index is 2.71. The number of carbonyl (C=O) groups is 1. The van der Waals surface area contributed by atoms with E-state index in [9.17, 15) is 4.79 Å². The molecule has 1 aromatic rings. The van der Waals surface area contributed by atoms with Gasteiger partial charge in [-0.3, -0.25) is 4.79 Å². The van der Waals surface area contributed by atoms with Crippen molar-refractivity contribution < 1.29 is 4.79 Å². The Morgan fingerprint density at radius 2 is 2.12 bits per heavy atom. The van der Waals surface area contributed by atoms with Crippen LogP contribution in [0.4, 0.5) is 0 Å². The monoisotopic (exact) mass is 317 g/mol. The third-order valence-corrected chi connectivity index (χ3v) is 3.77. The van der Waals surface area contributed by atoms with Crippen molar-refractivity contribution in [2.24, 2.45) is 5.92 Å². The summed E-state index contributed by atoms with van der Waals surface area (Å²) in [6.45, 7) is 5.07. The molecule has 0 saturated heterocycles. The van der Waals surface area contributed by atoms with Crippen LogP contribution < -0.4 is 0 Å². The maximum absolute atomic E-state index is 12.1. The van der Waals surface area contributed by atoms with Crippen LogP contribution >= 0.6 is 27.5 Å². The van der Waals surface area contributed by atoms with Crippen LogP contribution in [0, 0.1) is 5.92 Å². The number of amides is 1. The van der Waals surface area contributed by atoms with Gasteiger partial charge in [-0.2, -0.15) is 0 Å². The zero-order chi connectivity index (χ0) is 13.0. The van der Waals surface area contributed by atoms with Crippen molar-refractivity contribution in [2.45, 2.75) is 20.3 Å². The van der Waals surface area contributed by atoms with Gasteiger partial charge >= 0.3 is 0 Å². The van der Waals surface area contributed by atoms with E-state index in [1.165, 1.54) is 0 Å². The Labute approximate surface area is 116 Å². The van der Waals surface area contributed by atoms with E-state index < -0.39 is 0 Å². The van der Waals surface area contributed by atoms with Crippen molar-refractivity contribution >= 4 is 33.4 Å². The molecule has 0 heterocycles. The molecule has 0 aliphatic carbocycles. The Hall–Kier alpha value is -0.540. The second-order valence-electron chi connectivity index (χ2n) is 4.54. The normalized spacial score (nSPS) is 10.7. The third kappa shape index (κ3) is 4.32. The molecular weight excluding hydrogens is 302 g/mol. The lowest BCUT2D eigenvalue weighted by atomic mass is 10.1.